The summed E-state index contributed by atoms with van der Waals surface area (Å²) in [7, 11) is 0. The molecule has 0 amide bonds. The highest BCUT2D eigenvalue weighted by molar-refractivity contribution is 6.33. The first-order valence-electron chi connectivity index (χ1n) is 6.92. The zero-order valence-electron chi connectivity index (χ0n) is 11.7. The van der Waals surface area contributed by atoms with Gasteiger partial charge < -0.3 is 9.73 Å². The van der Waals surface area contributed by atoms with E-state index >= 15 is 0 Å². The van der Waals surface area contributed by atoms with Gasteiger partial charge in [0.05, 0.1) is 12.3 Å². The molecule has 0 radical (unpaired) electrons. The van der Waals surface area contributed by atoms with Crippen molar-refractivity contribution in [1.82, 2.24) is 5.32 Å². The quantitative estimate of drug-likeness (QED) is 0.789. The Bertz CT molecular complexity index is 565. The minimum absolute atomic E-state index is 0.00912. The third-order valence-electron chi connectivity index (χ3n) is 3.28. The van der Waals surface area contributed by atoms with Crippen LogP contribution < -0.4 is 5.32 Å². The molecule has 1 atom stereocenters. The number of halogens is 2. The molecule has 1 unspecified atom stereocenters. The average Bonchev–Trinajstić information content (AvgIpc) is 2.91. The van der Waals surface area contributed by atoms with Crippen LogP contribution in [0.15, 0.2) is 34.9 Å². The van der Waals surface area contributed by atoms with E-state index in [9.17, 15) is 0 Å². The molecule has 0 aliphatic rings. The van der Waals surface area contributed by atoms with Gasteiger partial charge >= 0.3 is 0 Å². The summed E-state index contributed by atoms with van der Waals surface area (Å²) in [4.78, 5) is 0. The van der Waals surface area contributed by atoms with Gasteiger partial charge in [-0.25, -0.2) is 0 Å². The van der Waals surface area contributed by atoms with E-state index in [1.54, 1.807) is 12.3 Å². The van der Waals surface area contributed by atoms with E-state index in [-0.39, 0.29) is 6.04 Å². The summed E-state index contributed by atoms with van der Waals surface area (Å²) in [5, 5.41) is 4.93. The number of nitrogens with one attached hydrogen (secondary N) is 1. The van der Waals surface area contributed by atoms with E-state index in [1.165, 1.54) is 0 Å². The van der Waals surface area contributed by atoms with Crippen LogP contribution in [-0.2, 0) is 6.42 Å². The first kappa shape index (κ1) is 15.4. The van der Waals surface area contributed by atoms with Gasteiger partial charge in [0, 0.05) is 22.0 Å². The molecule has 2 aromatic rings. The van der Waals surface area contributed by atoms with Crippen LogP contribution in [0.25, 0.3) is 0 Å². The van der Waals surface area contributed by atoms with Crippen molar-refractivity contribution in [2.45, 2.75) is 32.7 Å². The Morgan fingerprint density at radius 1 is 1.15 bits per heavy atom. The number of rotatable bonds is 6. The van der Waals surface area contributed by atoms with Gasteiger partial charge in [-0.05, 0) is 42.8 Å². The van der Waals surface area contributed by atoms with Crippen LogP contribution in [0, 0.1) is 0 Å². The van der Waals surface area contributed by atoms with Crippen molar-refractivity contribution < 1.29 is 4.42 Å². The lowest BCUT2D eigenvalue weighted by Crippen LogP contribution is -2.24. The van der Waals surface area contributed by atoms with Crippen LogP contribution in [0.3, 0.4) is 0 Å². The van der Waals surface area contributed by atoms with E-state index in [0.29, 0.717) is 10.0 Å². The highest BCUT2D eigenvalue weighted by Gasteiger charge is 2.21. The maximum Gasteiger partial charge on any atom is 0.108 e. The van der Waals surface area contributed by atoms with E-state index < -0.39 is 0 Å². The summed E-state index contributed by atoms with van der Waals surface area (Å²) in [6, 6.07) is 7.58. The fourth-order valence-electron chi connectivity index (χ4n) is 2.31. The Morgan fingerprint density at radius 3 is 2.65 bits per heavy atom. The molecule has 0 bridgehead atoms. The van der Waals surface area contributed by atoms with E-state index in [4.69, 9.17) is 27.6 Å². The van der Waals surface area contributed by atoms with Gasteiger partial charge in [0.25, 0.3) is 0 Å². The number of benzene rings is 1. The topological polar surface area (TPSA) is 25.2 Å². The highest BCUT2D eigenvalue weighted by atomic mass is 35.5. The predicted molar refractivity (Wildman–Crippen MR) is 84.7 cm³/mol. The molecular formula is C16H19Cl2NO. The summed E-state index contributed by atoms with van der Waals surface area (Å²) in [5.41, 5.74) is 2.12. The highest BCUT2D eigenvalue weighted by Crippen LogP contribution is 2.33. The number of aryl methyl sites for hydroxylation is 1. The van der Waals surface area contributed by atoms with Crippen molar-refractivity contribution in [3.05, 3.63) is 57.5 Å². The fraction of sp³-hybridized carbons (Fsp3) is 0.375. The average molecular weight is 312 g/mol. The molecule has 1 N–H and O–H groups in total. The van der Waals surface area contributed by atoms with Crippen LogP contribution in [-0.4, -0.2) is 6.54 Å². The largest absolute Gasteiger partial charge is 0.469 e. The Balaban J connectivity index is 2.44. The molecule has 4 heteroatoms. The van der Waals surface area contributed by atoms with Gasteiger partial charge in [-0.1, -0.05) is 37.0 Å². The van der Waals surface area contributed by atoms with Crippen molar-refractivity contribution in [1.29, 1.82) is 0 Å². The summed E-state index contributed by atoms with van der Waals surface area (Å²) in [6.07, 6.45) is 3.63. The van der Waals surface area contributed by atoms with Gasteiger partial charge in [-0.2, -0.15) is 0 Å². The Hall–Kier alpha value is -0.960. The monoisotopic (exact) mass is 311 g/mol. The molecular weight excluding hydrogens is 293 g/mol. The van der Waals surface area contributed by atoms with Crippen molar-refractivity contribution >= 4 is 23.2 Å². The van der Waals surface area contributed by atoms with Crippen molar-refractivity contribution in [3.8, 4) is 0 Å². The Labute approximate surface area is 130 Å². The smallest absolute Gasteiger partial charge is 0.108 e. The second-order valence-corrected chi connectivity index (χ2v) is 5.55. The van der Waals surface area contributed by atoms with Gasteiger partial charge in [-0.15, -0.1) is 0 Å². The minimum atomic E-state index is 0.00912. The van der Waals surface area contributed by atoms with Crippen LogP contribution in [0.2, 0.25) is 10.0 Å². The lowest BCUT2D eigenvalue weighted by Gasteiger charge is -2.20. The lowest BCUT2D eigenvalue weighted by molar-refractivity contribution is 0.500. The van der Waals surface area contributed by atoms with E-state index in [2.05, 4.69) is 19.2 Å². The normalized spacial score (nSPS) is 12.6. The van der Waals surface area contributed by atoms with Gasteiger partial charge in [0.2, 0.25) is 0 Å². The fourth-order valence-corrected chi connectivity index (χ4v) is 2.71. The van der Waals surface area contributed by atoms with Crippen LogP contribution in [0.4, 0.5) is 0 Å². The van der Waals surface area contributed by atoms with Crippen LogP contribution in [0.5, 0.6) is 0 Å². The predicted octanol–water partition coefficient (Wildman–Crippen LogP) is 5.24. The molecule has 1 aromatic carbocycles. The zero-order chi connectivity index (χ0) is 14.5. The molecule has 2 nitrogen and oxygen atoms in total. The standard InChI is InChI=1S/C16H19Cl2NO/c1-3-8-19-16(12-7-9-20-15(12)4-2)13-10-11(17)5-6-14(13)18/h5-7,9-10,16,19H,3-4,8H2,1-2H3. The molecule has 20 heavy (non-hydrogen) atoms. The molecule has 108 valence electrons. The summed E-state index contributed by atoms with van der Waals surface area (Å²) in [5.74, 6) is 0.981. The van der Waals surface area contributed by atoms with Crippen molar-refractivity contribution in [3.63, 3.8) is 0 Å². The molecule has 0 aliphatic heterocycles. The first-order chi connectivity index (χ1) is 9.67. The third-order valence-corrected chi connectivity index (χ3v) is 3.86. The van der Waals surface area contributed by atoms with Gasteiger partial charge in [0.15, 0.2) is 0 Å². The van der Waals surface area contributed by atoms with Crippen LogP contribution in [0.1, 0.15) is 43.2 Å². The number of hydrogen-bond acceptors (Lipinski definition) is 2. The Kier molecular flexibility index (Phi) is 5.53. The number of furan rings is 1. The van der Waals surface area contributed by atoms with Crippen molar-refractivity contribution in [2.24, 2.45) is 0 Å². The molecule has 0 saturated heterocycles. The first-order valence-corrected chi connectivity index (χ1v) is 7.67. The summed E-state index contributed by atoms with van der Waals surface area (Å²) < 4.78 is 5.55. The summed E-state index contributed by atoms with van der Waals surface area (Å²) in [6.45, 7) is 5.13. The Morgan fingerprint density at radius 2 is 1.95 bits per heavy atom. The van der Waals surface area contributed by atoms with E-state index in [0.717, 1.165) is 36.3 Å². The van der Waals surface area contributed by atoms with Crippen LogP contribution >= 0.6 is 23.2 Å². The number of hydrogen-bond donors (Lipinski definition) is 1. The maximum atomic E-state index is 6.35. The zero-order valence-corrected chi connectivity index (χ0v) is 13.3. The molecule has 0 fully saturated rings. The molecule has 0 saturated carbocycles. The van der Waals surface area contributed by atoms with Crippen molar-refractivity contribution in [2.75, 3.05) is 6.54 Å². The van der Waals surface area contributed by atoms with Gasteiger partial charge in [-0.3, -0.25) is 0 Å². The summed E-state index contributed by atoms with van der Waals surface area (Å²) >= 11 is 12.5. The maximum absolute atomic E-state index is 6.35. The minimum Gasteiger partial charge on any atom is -0.469 e. The second kappa shape index (κ2) is 7.16. The molecule has 0 aliphatic carbocycles. The lowest BCUT2D eigenvalue weighted by atomic mass is 9.98. The third kappa shape index (κ3) is 3.38. The van der Waals surface area contributed by atoms with Gasteiger partial charge in [0.1, 0.15) is 5.76 Å². The second-order valence-electron chi connectivity index (χ2n) is 4.71. The molecule has 1 heterocycles. The molecule has 0 spiro atoms. The molecule has 1 aromatic heterocycles. The SMILES string of the molecule is CCCNC(c1cc(Cl)ccc1Cl)c1ccoc1CC. The van der Waals surface area contributed by atoms with E-state index in [1.807, 2.05) is 18.2 Å². The molecule has 2 rings (SSSR count).